The topological polar surface area (TPSA) is 51.0 Å². The maximum absolute atomic E-state index is 6.18. The van der Waals surface area contributed by atoms with Crippen LogP contribution in [0.5, 0.6) is 11.5 Å². The van der Waals surface area contributed by atoms with E-state index in [0.717, 1.165) is 37.6 Å². The molecule has 1 aromatic carbocycles. The van der Waals surface area contributed by atoms with Crippen LogP contribution >= 0.6 is 0 Å². The van der Waals surface area contributed by atoms with E-state index < -0.39 is 0 Å². The highest BCUT2D eigenvalue weighted by atomic mass is 16.5. The number of hydrogen-bond donors (Lipinski definition) is 1. The molecule has 5 heteroatoms. The molecule has 1 heterocycles. The predicted molar refractivity (Wildman–Crippen MR) is 98.9 cm³/mol. The van der Waals surface area contributed by atoms with E-state index in [9.17, 15) is 0 Å². The van der Waals surface area contributed by atoms with Gasteiger partial charge in [-0.15, -0.1) is 0 Å². The summed E-state index contributed by atoms with van der Waals surface area (Å²) in [5, 5.41) is 0. The van der Waals surface area contributed by atoms with E-state index in [1.807, 2.05) is 26.0 Å². The normalized spacial score (nSPS) is 20.8. The summed E-state index contributed by atoms with van der Waals surface area (Å²) in [6.45, 7) is 11.3. The van der Waals surface area contributed by atoms with Crippen LogP contribution in [0, 0.1) is 0 Å². The van der Waals surface area contributed by atoms with Crippen LogP contribution in [0.1, 0.15) is 38.8 Å². The summed E-state index contributed by atoms with van der Waals surface area (Å²) in [4.78, 5) is 4.96. The zero-order valence-corrected chi connectivity index (χ0v) is 15.6. The van der Waals surface area contributed by atoms with Gasteiger partial charge in [0.25, 0.3) is 0 Å². The van der Waals surface area contributed by atoms with E-state index in [0.29, 0.717) is 25.8 Å². The number of rotatable bonds is 8. The fourth-order valence-corrected chi connectivity index (χ4v) is 3.49. The van der Waals surface area contributed by atoms with Crippen LogP contribution in [0.3, 0.4) is 0 Å². The Hall–Kier alpha value is -1.30. The molecule has 2 unspecified atom stereocenters. The van der Waals surface area contributed by atoms with Crippen LogP contribution in [0.2, 0.25) is 0 Å². The summed E-state index contributed by atoms with van der Waals surface area (Å²) >= 11 is 0. The molecule has 136 valence electrons. The van der Waals surface area contributed by atoms with Crippen LogP contribution in [0.15, 0.2) is 18.2 Å². The van der Waals surface area contributed by atoms with Crippen molar-refractivity contribution in [1.82, 2.24) is 9.80 Å². The SMILES string of the molecule is CCOc1ccc(C(CN)N2CCN(C)C(CC)C2)c(OCC)c1. The first-order chi connectivity index (χ1) is 11.6. The van der Waals surface area contributed by atoms with Gasteiger partial charge in [0.05, 0.1) is 19.3 Å². The Balaban J connectivity index is 2.25. The van der Waals surface area contributed by atoms with Crippen molar-refractivity contribution in [1.29, 1.82) is 0 Å². The van der Waals surface area contributed by atoms with E-state index >= 15 is 0 Å². The maximum atomic E-state index is 6.18. The third kappa shape index (κ3) is 4.41. The Bertz CT molecular complexity index is 509. The van der Waals surface area contributed by atoms with E-state index in [1.165, 1.54) is 5.56 Å². The van der Waals surface area contributed by atoms with Gasteiger partial charge in [0.2, 0.25) is 0 Å². The highest BCUT2D eigenvalue weighted by Crippen LogP contribution is 2.33. The molecule has 0 spiro atoms. The molecule has 0 bridgehead atoms. The molecule has 1 fully saturated rings. The molecule has 5 nitrogen and oxygen atoms in total. The van der Waals surface area contributed by atoms with Gasteiger partial charge < -0.3 is 20.1 Å². The summed E-state index contributed by atoms with van der Waals surface area (Å²) in [6.07, 6.45) is 1.16. The van der Waals surface area contributed by atoms with Crippen molar-refractivity contribution in [2.45, 2.75) is 39.3 Å². The predicted octanol–water partition coefficient (Wildman–Crippen LogP) is 2.51. The summed E-state index contributed by atoms with van der Waals surface area (Å²) < 4.78 is 11.5. The third-order valence-corrected chi connectivity index (χ3v) is 4.90. The molecule has 0 radical (unpaired) electrons. The molecular formula is C19H33N3O2. The molecule has 24 heavy (non-hydrogen) atoms. The van der Waals surface area contributed by atoms with Crippen LogP contribution < -0.4 is 15.2 Å². The second kappa shape index (κ2) is 9.25. The zero-order valence-electron chi connectivity index (χ0n) is 15.6. The van der Waals surface area contributed by atoms with Crippen LogP contribution in [-0.2, 0) is 0 Å². The average molecular weight is 335 g/mol. The molecule has 2 rings (SSSR count). The van der Waals surface area contributed by atoms with Crippen molar-refractivity contribution in [3.8, 4) is 11.5 Å². The van der Waals surface area contributed by atoms with Gasteiger partial charge >= 0.3 is 0 Å². The number of hydrogen-bond acceptors (Lipinski definition) is 5. The molecule has 0 amide bonds. The van der Waals surface area contributed by atoms with Crippen molar-refractivity contribution < 1.29 is 9.47 Å². The molecule has 1 aromatic rings. The van der Waals surface area contributed by atoms with Gasteiger partial charge in [-0.25, -0.2) is 0 Å². The standard InChI is InChI=1S/C19H33N3O2/c1-5-15-14-22(11-10-21(15)4)18(13-20)17-9-8-16(23-6-2)12-19(17)24-7-3/h8-9,12,15,18H,5-7,10-11,13-14,20H2,1-4H3. The zero-order chi connectivity index (χ0) is 17.5. The molecule has 0 aromatic heterocycles. The van der Waals surface area contributed by atoms with Gasteiger partial charge in [0.15, 0.2) is 0 Å². The van der Waals surface area contributed by atoms with Gasteiger partial charge in [-0.3, -0.25) is 4.90 Å². The largest absolute Gasteiger partial charge is 0.494 e. The van der Waals surface area contributed by atoms with Gasteiger partial charge in [-0.1, -0.05) is 13.0 Å². The second-order valence-corrected chi connectivity index (χ2v) is 6.35. The monoisotopic (exact) mass is 335 g/mol. The van der Waals surface area contributed by atoms with Gasteiger partial charge in [0, 0.05) is 43.9 Å². The Kier molecular flexibility index (Phi) is 7.34. The molecular weight excluding hydrogens is 302 g/mol. The minimum absolute atomic E-state index is 0.185. The van der Waals surface area contributed by atoms with Gasteiger partial charge in [-0.05, 0) is 33.4 Å². The molecule has 0 saturated carbocycles. The number of piperazine rings is 1. The first-order valence-electron chi connectivity index (χ1n) is 9.18. The summed E-state index contributed by atoms with van der Waals surface area (Å²) in [5.41, 5.74) is 7.35. The van der Waals surface area contributed by atoms with E-state index in [1.54, 1.807) is 0 Å². The molecule has 1 aliphatic rings. The van der Waals surface area contributed by atoms with Gasteiger partial charge in [-0.2, -0.15) is 0 Å². The van der Waals surface area contributed by atoms with E-state index in [-0.39, 0.29) is 6.04 Å². The molecule has 1 saturated heterocycles. The molecule has 0 aliphatic carbocycles. The van der Waals surface area contributed by atoms with E-state index in [2.05, 4.69) is 29.8 Å². The highest BCUT2D eigenvalue weighted by molar-refractivity contribution is 5.43. The van der Waals surface area contributed by atoms with Crippen molar-refractivity contribution >= 4 is 0 Å². The Labute approximate surface area is 146 Å². The number of ether oxygens (including phenoxy) is 2. The number of likely N-dealkylation sites (N-methyl/N-ethyl adjacent to an activating group) is 1. The van der Waals surface area contributed by atoms with Crippen molar-refractivity contribution in [3.05, 3.63) is 23.8 Å². The lowest BCUT2D eigenvalue weighted by Gasteiger charge is -2.43. The fraction of sp³-hybridized carbons (Fsp3) is 0.684. The molecule has 2 atom stereocenters. The van der Waals surface area contributed by atoms with Gasteiger partial charge in [0.1, 0.15) is 11.5 Å². The lowest BCUT2D eigenvalue weighted by Crippen LogP contribution is -2.53. The Morgan fingerprint density at radius 1 is 1.17 bits per heavy atom. The smallest absolute Gasteiger partial charge is 0.127 e. The van der Waals surface area contributed by atoms with Crippen LogP contribution in [-0.4, -0.2) is 62.3 Å². The summed E-state index contributed by atoms with van der Waals surface area (Å²) in [6, 6.07) is 6.92. The number of benzene rings is 1. The van der Waals surface area contributed by atoms with Crippen LogP contribution in [0.4, 0.5) is 0 Å². The highest BCUT2D eigenvalue weighted by Gasteiger charge is 2.29. The molecule has 2 N–H and O–H groups in total. The minimum Gasteiger partial charge on any atom is -0.494 e. The van der Waals surface area contributed by atoms with Crippen molar-refractivity contribution in [3.63, 3.8) is 0 Å². The third-order valence-electron chi connectivity index (χ3n) is 4.90. The van der Waals surface area contributed by atoms with E-state index in [4.69, 9.17) is 15.2 Å². The van der Waals surface area contributed by atoms with Crippen LogP contribution in [0.25, 0.3) is 0 Å². The Morgan fingerprint density at radius 3 is 2.54 bits per heavy atom. The average Bonchev–Trinajstić information content (AvgIpc) is 2.59. The minimum atomic E-state index is 0.185. The Morgan fingerprint density at radius 2 is 1.92 bits per heavy atom. The lowest BCUT2D eigenvalue weighted by atomic mass is 10.0. The first-order valence-corrected chi connectivity index (χ1v) is 9.18. The lowest BCUT2D eigenvalue weighted by molar-refractivity contribution is 0.0634. The second-order valence-electron chi connectivity index (χ2n) is 6.35. The van der Waals surface area contributed by atoms with Crippen molar-refractivity contribution in [2.24, 2.45) is 5.73 Å². The quantitative estimate of drug-likeness (QED) is 0.791. The first kappa shape index (κ1) is 19.0. The van der Waals surface area contributed by atoms with Crippen molar-refractivity contribution in [2.75, 3.05) is 46.4 Å². The summed E-state index contributed by atoms with van der Waals surface area (Å²) in [7, 11) is 2.21. The summed E-state index contributed by atoms with van der Waals surface area (Å²) in [5.74, 6) is 1.75. The number of nitrogens with two attached hydrogens (primary N) is 1. The molecule has 1 aliphatic heterocycles. The fourth-order valence-electron chi connectivity index (χ4n) is 3.49. The number of nitrogens with zero attached hydrogens (tertiary/aromatic N) is 2. The maximum Gasteiger partial charge on any atom is 0.127 e.